The first-order valence-corrected chi connectivity index (χ1v) is 9.41. The smallest absolute Gasteiger partial charge is 0.235 e. The van der Waals surface area contributed by atoms with Crippen LogP contribution >= 0.6 is 15.9 Å². The molecule has 0 saturated carbocycles. The van der Waals surface area contributed by atoms with Gasteiger partial charge >= 0.3 is 0 Å². The molecule has 0 spiro atoms. The summed E-state index contributed by atoms with van der Waals surface area (Å²) < 4.78 is 0. The highest BCUT2D eigenvalue weighted by atomic mass is 79.9. The molecule has 1 amide bonds. The summed E-state index contributed by atoms with van der Waals surface area (Å²) in [4.78, 5) is 13.2. The van der Waals surface area contributed by atoms with Gasteiger partial charge in [-0.1, -0.05) is 70.9 Å². The van der Waals surface area contributed by atoms with Crippen LogP contribution in [0.5, 0.6) is 0 Å². The van der Waals surface area contributed by atoms with Crippen LogP contribution in [0.3, 0.4) is 0 Å². The first kappa shape index (κ1) is 16.3. The van der Waals surface area contributed by atoms with Gasteiger partial charge in [0.25, 0.3) is 0 Å². The lowest BCUT2D eigenvalue weighted by atomic mass is 9.73. The molecule has 120 valence electrons. The molecule has 0 bridgehead atoms. The summed E-state index contributed by atoms with van der Waals surface area (Å²) in [5.41, 5.74) is 4.16. The lowest BCUT2D eigenvalue weighted by molar-refractivity contribution is -0.125. The summed E-state index contributed by atoms with van der Waals surface area (Å²) in [6.07, 6.45) is 2.94. The number of nitrogens with one attached hydrogen (secondary N) is 1. The maximum atomic E-state index is 13.2. The maximum Gasteiger partial charge on any atom is 0.235 e. The fourth-order valence-corrected chi connectivity index (χ4v) is 4.15. The number of amides is 1. The van der Waals surface area contributed by atoms with E-state index in [1.165, 1.54) is 11.1 Å². The highest BCUT2D eigenvalue weighted by Gasteiger charge is 2.48. The van der Waals surface area contributed by atoms with Crippen LogP contribution in [0.25, 0.3) is 11.1 Å². The molecule has 3 rings (SSSR count). The predicted octanol–water partition coefficient (Wildman–Crippen LogP) is 4.65. The average molecular weight is 372 g/mol. The molecule has 0 unspecified atom stereocenters. The molecule has 0 atom stereocenters. The van der Waals surface area contributed by atoms with Gasteiger partial charge in [0.15, 0.2) is 0 Å². The van der Waals surface area contributed by atoms with Gasteiger partial charge in [0.2, 0.25) is 5.91 Å². The van der Waals surface area contributed by atoms with Crippen molar-refractivity contribution in [1.82, 2.24) is 5.32 Å². The molecular formula is C20H22BrNO. The molecule has 0 aromatic heterocycles. The van der Waals surface area contributed by atoms with Gasteiger partial charge < -0.3 is 5.32 Å². The lowest BCUT2D eigenvalue weighted by Crippen LogP contribution is -2.44. The molecule has 2 nitrogen and oxygen atoms in total. The molecule has 3 heteroatoms. The van der Waals surface area contributed by atoms with E-state index in [1.807, 2.05) is 19.1 Å². The topological polar surface area (TPSA) is 29.1 Å². The summed E-state index contributed by atoms with van der Waals surface area (Å²) in [5.74, 6) is 0.131. The number of hydrogen-bond donors (Lipinski definition) is 1. The van der Waals surface area contributed by atoms with Crippen molar-refractivity contribution in [1.29, 1.82) is 0 Å². The summed E-state index contributed by atoms with van der Waals surface area (Å²) in [6.45, 7) is 2.64. The van der Waals surface area contributed by atoms with Crippen LogP contribution in [0.15, 0.2) is 48.5 Å². The Kier molecular flexibility index (Phi) is 4.86. The van der Waals surface area contributed by atoms with E-state index in [0.29, 0.717) is 6.54 Å². The number of unbranched alkanes of at least 4 members (excludes halogenated alkanes) is 1. The van der Waals surface area contributed by atoms with Crippen LogP contribution in [0, 0.1) is 0 Å². The van der Waals surface area contributed by atoms with Gasteiger partial charge in [0.1, 0.15) is 5.41 Å². The third-order valence-corrected chi connectivity index (χ3v) is 5.28. The van der Waals surface area contributed by atoms with Crippen molar-refractivity contribution >= 4 is 21.8 Å². The Labute approximate surface area is 146 Å². The molecule has 2 aromatic carbocycles. The second-order valence-electron chi connectivity index (χ2n) is 6.00. The second kappa shape index (κ2) is 6.88. The first-order valence-electron chi connectivity index (χ1n) is 8.29. The summed E-state index contributed by atoms with van der Waals surface area (Å²) in [7, 11) is 0. The van der Waals surface area contributed by atoms with E-state index < -0.39 is 5.41 Å². The van der Waals surface area contributed by atoms with Gasteiger partial charge in [-0.25, -0.2) is 0 Å². The third-order valence-electron chi connectivity index (χ3n) is 4.72. The van der Waals surface area contributed by atoms with Gasteiger partial charge in [-0.2, -0.15) is 0 Å². The number of carbonyl (C=O) groups is 1. The van der Waals surface area contributed by atoms with Crippen LogP contribution in [-0.4, -0.2) is 17.8 Å². The van der Waals surface area contributed by atoms with E-state index in [2.05, 4.69) is 57.6 Å². The van der Waals surface area contributed by atoms with Gasteiger partial charge in [-0.15, -0.1) is 0 Å². The molecule has 0 heterocycles. The molecular weight excluding hydrogens is 350 g/mol. The van der Waals surface area contributed by atoms with E-state index in [0.717, 1.165) is 35.7 Å². The van der Waals surface area contributed by atoms with Crippen molar-refractivity contribution in [3.05, 3.63) is 59.7 Å². The summed E-state index contributed by atoms with van der Waals surface area (Å²) in [5, 5.41) is 4.06. The van der Waals surface area contributed by atoms with Gasteiger partial charge in [0.05, 0.1) is 0 Å². The maximum absolute atomic E-state index is 13.2. The van der Waals surface area contributed by atoms with E-state index in [9.17, 15) is 4.79 Å². The Hall–Kier alpha value is -1.61. The van der Waals surface area contributed by atoms with Crippen molar-refractivity contribution in [2.45, 2.75) is 31.6 Å². The molecule has 0 fully saturated rings. The van der Waals surface area contributed by atoms with Crippen molar-refractivity contribution in [3.63, 3.8) is 0 Å². The zero-order valence-corrected chi connectivity index (χ0v) is 15.0. The highest BCUT2D eigenvalue weighted by molar-refractivity contribution is 9.09. The molecule has 2 aromatic rings. The number of carbonyl (C=O) groups excluding carboxylic acids is 1. The zero-order chi connectivity index (χ0) is 16.3. The predicted molar refractivity (Wildman–Crippen MR) is 99.0 cm³/mol. The van der Waals surface area contributed by atoms with Crippen LogP contribution in [0.4, 0.5) is 0 Å². The van der Waals surface area contributed by atoms with Gasteiger partial charge in [-0.3, -0.25) is 4.79 Å². The molecule has 0 aliphatic heterocycles. The SMILES string of the molecule is CCNC(=O)C1(CCCCBr)c2ccccc2-c2ccccc21. The fourth-order valence-electron chi connectivity index (χ4n) is 3.75. The number of fused-ring (bicyclic) bond motifs is 3. The second-order valence-corrected chi connectivity index (χ2v) is 6.80. The Bertz CT molecular complexity index is 665. The summed E-state index contributed by atoms with van der Waals surface area (Å²) in [6, 6.07) is 16.7. The summed E-state index contributed by atoms with van der Waals surface area (Å²) >= 11 is 3.51. The number of likely N-dealkylation sites (N-methyl/N-ethyl adjacent to an activating group) is 1. The van der Waals surface area contributed by atoms with Crippen molar-refractivity contribution in [2.24, 2.45) is 0 Å². The normalized spacial score (nSPS) is 14.2. The minimum absolute atomic E-state index is 0.131. The van der Waals surface area contributed by atoms with Crippen LogP contribution in [-0.2, 0) is 10.2 Å². The number of halogens is 1. The van der Waals surface area contributed by atoms with Crippen LogP contribution in [0.2, 0.25) is 0 Å². The van der Waals surface area contributed by atoms with Crippen LogP contribution in [0.1, 0.15) is 37.3 Å². The zero-order valence-electron chi connectivity index (χ0n) is 13.4. The van der Waals surface area contributed by atoms with Crippen molar-refractivity contribution in [2.75, 3.05) is 11.9 Å². The van der Waals surface area contributed by atoms with Crippen molar-refractivity contribution in [3.8, 4) is 11.1 Å². The Balaban J connectivity index is 2.18. The fraction of sp³-hybridized carbons (Fsp3) is 0.350. The van der Waals surface area contributed by atoms with E-state index in [1.54, 1.807) is 0 Å². The Morgan fingerprint density at radius 3 is 2.09 bits per heavy atom. The van der Waals surface area contributed by atoms with Gasteiger partial charge in [-0.05, 0) is 42.0 Å². The average Bonchev–Trinajstić information content (AvgIpc) is 2.87. The number of alkyl halides is 1. The largest absolute Gasteiger partial charge is 0.355 e. The molecule has 1 N–H and O–H groups in total. The molecule has 0 radical (unpaired) electrons. The van der Waals surface area contributed by atoms with E-state index in [4.69, 9.17) is 0 Å². The molecule has 23 heavy (non-hydrogen) atoms. The number of hydrogen-bond acceptors (Lipinski definition) is 1. The highest BCUT2D eigenvalue weighted by Crippen LogP contribution is 2.51. The molecule has 0 saturated heterocycles. The molecule has 1 aliphatic rings. The van der Waals surface area contributed by atoms with Gasteiger partial charge in [0, 0.05) is 11.9 Å². The Morgan fingerprint density at radius 1 is 1.00 bits per heavy atom. The minimum atomic E-state index is -0.550. The lowest BCUT2D eigenvalue weighted by Gasteiger charge is -2.30. The standard InChI is InChI=1S/C20H22BrNO/c1-2-22-19(23)20(13-7-8-14-21)17-11-5-3-9-15(17)16-10-4-6-12-18(16)20/h3-6,9-12H,2,7-8,13-14H2,1H3,(H,22,23). The van der Waals surface area contributed by atoms with E-state index >= 15 is 0 Å². The molecule has 1 aliphatic carbocycles. The minimum Gasteiger partial charge on any atom is -0.355 e. The van der Waals surface area contributed by atoms with E-state index in [-0.39, 0.29) is 5.91 Å². The van der Waals surface area contributed by atoms with Crippen LogP contribution < -0.4 is 5.32 Å². The van der Waals surface area contributed by atoms with Crippen molar-refractivity contribution < 1.29 is 4.79 Å². The Morgan fingerprint density at radius 2 is 1.57 bits per heavy atom. The first-order chi connectivity index (χ1) is 11.3. The number of benzene rings is 2. The number of rotatable bonds is 6. The third kappa shape index (κ3) is 2.61. The monoisotopic (exact) mass is 371 g/mol. The quantitative estimate of drug-likeness (QED) is 0.580.